The highest BCUT2D eigenvalue weighted by atomic mass is 16.7. The molecule has 0 spiro atoms. The van der Waals surface area contributed by atoms with E-state index in [1.165, 1.54) is 12.1 Å². The highest BCUT2D eigenvalue weighted by Gasteiger charge is 2.54. The van der Waals surface area contributed by atoms with Crippen LogP contribution in [0.25, 0.3) is 0 Å². The van der Waals surface area contributed by atoms with Gasteiger partial charge in [0, 0.05) is 61.0 Å². The average molecular weight is 809 g/mol. The summed E-state index contributed by atoms with van der Waals surface area (Å²) >= 11 is 0. The number of benzene rings is 1. The Morgan fingerprint density at radius 1 is 0.491 bits per heavy atom. The van der Waals surface area contributed by atoms with Crippen LogP contribution in [0.2, 0.25) is 0 Å². The van der Waals surface area contributed by atoms with Gasteiger partial charge in [0.2, 0.25) is 12.4 Å². The Labute approximate surface area is 326 Å². The Balaban J connectivity index is 1.83. The standard InChI is InChI=1S/C37H44O20/c1-18(38)47-16-28-30(49-20(3)40)32(51-22(5)42)34(53-24(7)44)36(56-28)46-15-9-10-26-11-13-27(14-12-26)55-37-35(54-25(8)45)33(52-23(6)43)31(50-21(4)41)29(57-37)17-48-19(2)39/h11-14,28-37H,15-17H2,1-8H3/t28-,29-,30-,31+,32+,33+,34+,35-,36+,37-/m1/s1. The number of rotatable bonds is 14. The van der Waals surface area contributed by atoms with E-state index in [2.05, 4.69) is 11.8 Å². The van der Waals surface area contributed by atoms with E-state index >= 15 is 0 Å². The highest BCUT2D eigenvalue weighted by Crippen LogP contribution is 2.32. The lowest BCUT2D eigenvalue weighted by Crippen LogP contribution is -2.63. The highest BCUT2D eigenvalue weighted by molar-refractivity contribution is 5.70. The molecule has 2 saturated heterocycles. The van der Waals surface area contributed by atoms with E-state index < -0.39 is 122 Å². The fourth-order valence-electron chi connectivity index (χ4n) is 5.62. The summed E-state index contributed by atoms with van der Waals surface area (Å²) in [6.45, 7) is 7.66. The number of hydrogen-bond acceptors (Lipinski definition) is 20. The zero-order valence-corrected chi connectivity index (χ0v) is 32.4. The maximum atomic E-state index is 12.1. The van der Waals surface area contributed by atoms with Crippen molar-refractivity contribution in [3.8, 4) is 17.6 Å². The predicted octanol–water partition coefficient (Wildman–Crippen LogP) is 0.600. The van der Waals surface area contributed by atoms with Crippen molar-refractivity contribution in [1.29, 1.82) is 0 Å². The van der Waals surface area contributed by atoms with Crippen LogP contribution in [0.1, 0.15) is 61.0 Å². The van der Waals surface area contributed by atoms with Gasteiger partial charge < -0.3 is 56.8 Å². The van der Waals surface area contributed by atoms with Gasteiger partial charge in [0.1, 0.15) is 37.8 Å². The third-order valence-corrected chi connectivity index (χ3v) is 7.56. The Morgan fingerprint density at radius 2 is 0.860 bits per heavy atom. The van der Waals surface area contributed by atoms with Crippen LogP contribution in [-0.2, 0) is 90.5 Å². The van der Waals surface area contributed by atoms with Gasteiger partial charge in [-0.15, -0.1) is 0 Å². The van der Waals surface area contributed by atoms with E-state index in [-0.39, 0.29) is 12.4 Å². The van der Waals surface area contributed by atoms with Crippen LogP contribution in [0, 0.1) is 11.8 Å². The Bertz CT molecular complexity index is 1690. The van der Waals surface area contributed by atoms with E-state index in [0.717, 1.165) is 55.4 Å². The lowest BCUT2D eigenvalue weighted by molar-refractivity contribution is -0.305. The molecule has 10 atom stereocenters. The smallest absolute Gasteiger partial charge is 0.303 e. The molecular formula is C37H44O20. The van der Waals surface area contributed by atoms with Crippen molar-refractivity contribution in [1.82, 2.24) is 0 Å². The van der Waals surface area contributed by atoms with Crippen molar-refractivity contribution in [3.63, 3.8) is 0 Å². The van der Waals surface area contributed by atoms with Crippen molar-refractivity contribution in [2.45, 2.75) is 117 Å². The molecule has 0 amide bonds. The minimum atomic E-state index is -1.46. The summed E-state index contributed by atoms with van der Waals surface area (Å²) in [4.78, 5) is 95.4. The molecule has 20 heteroatoms. The largest absolute Gasteiger partial charge is 0.463 e. The predicted molar refractivity (Wildman–Crippen MR) is 184 cm³/mol. The van der Waals surface area contributed by atoms with E-state index in [4.69, 9.17) is 56.8 Å². The molecule has 0 saturated carbocycles. The first-order chi connectivity index (χ1) is 26.8. The molecule has 1 aromatic carbocycles. The lowest BCUT2D eigenvalue weighted by Gasteiger charge is -2.43. The van der Waals surface area contributed by atoms with Crippen molar-refractivity contribution in [2.24, 2.45) is 0 Å². The molecule has 0 aliphatic carbocycles. The number of hydrogen-bond donors (Lipinski definition) is 0. The molecule has 2 aliphatic rings. The van der Waals surface area contributed by atoms with Gasteiger partial charge in [0.05, 0.1) is 0 Å². The van der Waals surface area contributed by atoms with Gasteiger partial charge in [-0.3, -0.25) is 38.4 Å². The van der Waals surface area contributed by atoms with Crippen LogP contribution in [0.3, 0.4) is 0 Å². The minimum Gasteiger partial charge on any atom is -0.463 e. The molecule has 1 aromatic rings. The van der Waals surface area contributed by atoms with Crippen molar-refractivity contribution < 1.29 is 95.2 Å². The van der Waals surface area contributed by atoms with Crippen LogP contribution in [-0.4, -0.2) is 129 Å². The van der Waals surface area contributed by atoms with Crippen molar-refractivity contribution in [2.75, 3.05) is 19.8 Å². The molecule has 312 valence electrons. The van der Waals surface area contributed by atoms with Crippen LogP contribution >= 0.6 is 0 Å². The second-order valence-electron chi connectivity index (χ2n) is 12.4. The molecule has 2 aliphatic heterocycles. The summed E-state index contributed by atoms with van der Waals surface area (Å²) in [6.07, 6.45) is -13.8. The van der Waals surface area contributed by atoms with Crippen LogP contribution in [0.4, 0.5) is 0 Å². The first-order valence-corrected chi connectivity index (χ1v) is 17.3. The van der Waals surface area contributed by atoms with Crippen molar-refractivity contribution >= 4 is 47.8 Å². The quantitative estimate of drug-likeness (QED) is 0.142. The molecular weight excluding hydrogens is 764 g/mol. The third-order valence-electron chi connectivity index (χ3n) is 7.56. The van der Waals surface area contributed by atoms with Gasteiger partial charge in [0.25, 0.3) is 0 Å². The van der Waals surface area contributed by atoms with Crippen LogP contribution < -0.4 is 4.74 Å². The Kier molecular flexibility index (Phi) is 17.2. The average Bonchev–Trinajstić information content (AvgIpc) is 3.09. The maximum Gasteiger partial charge on any atom is 0.303 e. The Morgan fingerprint density at radius 3 is 1.26 bits per heavy atom. The summed E-state index contributed by atoms with van der Waals surface area (Å²) in [5.41, 5.74) is 0.439. The molecule has 3 rings (SSSR count). The zero-order valence-electron chi connectivity index (χ0n) is 32.4. The summed E-state index contributed by atoms with van der Waals surface area (Å²) in [7, 11) is 0. The van der Waals surface area contributed by atoms with E-state index in [1.807, 2.05) is 0 Å². The summed E-state index contributed by atoms with van der Waals surface area (Å²) in [6, 6.07) is 6.06. The molecule has 2 fully saturated rings. The molecule has 0 N–H and O–H groups in total. The van der Waals surface area contributed by atoms with E-state index in [9.17, 15) is 38.4 Å². The molecule has 0 unspecified atom stereocenters. The topological polar surface area (TPSA) is 247 Å². The van der Waals surface area contributed by atoms with E-state index in [0.29, 0.717) is 5.56 Å². The lowest BCUT2D eigenvalue weighted by atomic mass is 9.98. The number of esters is 8. The Hall–Kier alpha value is -5.78. The van der Waals surface area contributed by atoms with Gasteiger partial charge in [-0.05, 0) is 24.3 Å². The van der Waals surface area contributed by atoms with Gasteiger partial charge in [-0.1, -0.05) is 11.8 Å². The van der Waals surface area contributed by atoms with Gasteiger partial charge in [0.15, 0.2) is 36.8 Å². The summed E-state index contributed by atoms with van der Waals surface area (Å²) in [5.74, 6) is -0.349. The second-order valence-corrected chi connectivity index (χ2v) is 12.4. The van der Waals surface area contributed by atoms with Gasteiger partial charge in [-0.25, -0.2) is 0 Å². The maximum absolute atomic E-state index is 12.1. The molecule has 0 aromatic heterocycles. The zero-order chi connectivity index (χ0) is 42.4. The monoisotopic (exact) mass is 808 g/mol. The SMILES string of the molecule is CC(=O)OC[C@H]1O[C@@H](Oc2ccc(C#CCO[C@H]3O[C@H](COC(C)=O)[C@@H](OC(C)=O)[C@H](OC(C)=O)[C@@H]3OC(C)=O)cc2)[C@H](OC(C)=O)[C@@H](OC(C)=O)[C@H]1OC(C)=O. The van der Waals surface area contributed by atoms with E-state index in [1.54, 1.807) is 12.1 Å². The summed E-state index contributed by atoms with van der Waals surface area (Å²) in [5, 5.41) is 0. The minimum absolute atomic E-state index is 0.162. The number of carbonyl (C=O) groups is 8. The number of ether oxygens (including phenoxy) is 12. The molecule has 0 bridgehead atoms. The molecule has 57 heavy (non-hydrogen) atoms. The molecule has 20 nitrogen and oxygen atoms in total. The molecule has 2 heterocycles. The number of carbonyl (C=O) groups excluding carboxylic acids is 8. The fraction of sp³-hybridized carbons (Fsp3) is 0.568. The van der Waals surface area contributed by atoms with Gasteiger partial charge >= 0.3 is 47.8 Å². The summed E-state index contributed by atoms with van der Waals surface area (Å²) < 4.78 is 66.0. The first-order valence-electron chi connectivity index (χ1n) is 17.3. The second kappa shape index (κ2) is 21.5. The van der Waals surface area contributed by atoms with Crippen LogP contribution in [0.5, 0.6) is 5.75 Å². The first kappa shape index (κ1) is 45.6. The van der Waals surface area contributed by atoms with Crippen molar-refractivity contribution in [3.05, 3.63) is 29.8 Å². The third kappa shape index (κ3) is 14.7. The van der Waals surface area contributed by atoms with Crippen LogP contribution in [0.15, 0.2) is 24.3 Å². The molecule has 0 radical (unpaired) electrons. The normalized spacial score (nSPS) is 26.5. The van der Waals surface area contributed by atoms with Gasteiger partial charge in [-0.2, -0.15) is 0 Å². The fourth-order valence-corrected chi connectivity index (χ4v) is 5.62.